The van der Waals surface area contributed by atoms with Gasteiger partial charge in [-0.2, -0.15) is 0 Å². The molecule has 0 radical (unpaired) electrons. The average molecular weight is 372 g/mol. The maximum absolute atomic E-state index is 13.1. The molecule has 1 aliphatic heterocycles. The molecule has 0 aromatic carbocycles. The van der Waals surface area contributed by atoms with Crippen molar-refractivity contribution in [3.8, 4) is 0 Å². The van der Waals surface area contributed by atoms with Gasteiger partial charge in [0.2, 0.25) is 15.9 Å². The van der Waals surface area contributed by atoms with Crippen LogP contribution in [0.2, 0.25) is 0 Å². The lowest BCUT2D eigenvalue weighted by atomic mass is 9.86. The van der Waals surface area contributed by atoms with Crippen molar-refractivity contribution in [2.45, 2.75) is 71.4 Å². The smallest absolute Gasteiger partial charge is 0.241 e. The zero-order chi connectivity index (χ0) is 18.8. The van der Waals surface area contributed by atoms with Gasteiger partial charge in [0, 0.05) is 12.5 Å². The average Bonchev–Trinajstić information content (AvgIpc) is 2.92. The highest BCUT2D eigenvalue weighted by molar-refractivity contribution is 7.90. The fraction of sp³-hybridized carbons (Fsp3) is 0.842. The van der Waals surface area contributed by atoms with Crippen LogP contribution in [0.4, 0.5) is 0 Å². The van der Waals surface area contributed by atoms with Crippen LogP contribution in [0.25, 0.3) is 0 Å². The summed E-state index contributed by atoms with van der Waals surface area (Å²) in [5.74, 6) is -0.178. The highest BCUT2D eigenvalue weighted by Crippen LogP contribution is 2.52. The molecule has 5 nitrogen and oxygen atoms in total. The molecule has 0 aromatic rings. The Bertz CT molecular complexity index is 603. The van der Waals surface area contributed by atoms with E-state index in [4.69, 9.17) is 4.74 Å². The zero-order valence-electron chi connectivity index (χ0n) is 16.0. The molecule has 1 saturated carbocycles. The molecule has 1 aliphatic carbocycles. The fourth-order valence-electron chi connectivity index (χ4n) is 4.83. The van der Waals surface area contributed by atoms with Crippen LogP contribution in [0.3, 0.4) is 0 Å². The Labute approximate surface area is 152 Å². The Balaban J connectivity index is 2.23. The van der Waals surface area contributed by atoms with Gasteiger partial charge in [-0.3, -0.25) is 4.79 Å². The van der Waals surface area contributed by atoms with Crippen LogP contribution in [0.1, 0.15) is 59.3 Å². The third-order valence-electron chi connectivity index (χ3n) is 6.03. The van der Waals surface area contributed by atoms with Crippen LogP contribution in [0.15, 0.2) is 12.7 Å². The van der Waals surface area contributed by atoms with Gasteiger partial charge in [0.1, 0.15) is 0 Å². The Morgan fingerprint density at radius 2 is 2.16 bits per heavy atom. The van der Waals surface area contributed by atoms with Crippen molar-refractivity contribution in [2.24, 2.45) is 17.3 Å². The number of hydrogen-bond donors (Lipinski definition) is 0. The number of amides is 1. The number of allylic oxidation sites excluding steroid dienone is 1. The number of ether oxygens (including phenoxy) is 1. The summed E-state index contributed by atoms with van der Waals surface area (Å²) >= 11 is 0. The van der Waals surface area contributed by atoms with E-state index in [-0.39, 0.29) is 29.2 Å². The second kappa shape index (κ2) is 7.78. The van der Waals surface area contributed by atoms with Gasteiger partial charge in [0.25, 0.3) is 0 Å². The van der Waals surface area contributed by atoms with Crippen molar-refractivity contribution in [3.05, 3.63) is 12.7 Å². The Hall–Kier alpha value is -0.880. The molecule has 25 heavy (non-hydrogen) atoms. The number of sulfonamides is 1. The van der Waals surface area contributed by atoms with Crippen LogP contribution in [0.5, 0.6) is 0 Å². The Morgan fingerprint density at radius 3 is 2.72 bits per heavy atom. The SMILES string of the molecule is C=CCC[C@@H](OC)[C@@H](C)C(=O)N1[C@H]2CC(CCC)CC2(C)CS1(=O)=O. The second-order valence-corrected chi connectivity index (χ2v) is 9.93. The fourth-order valence-corrected chi connectivity index (χ4v) is 7.28. The molecule has 1 saturated heterocycles. The van der Waals surface area contributed by atoms with Crippen molar-refractivity contribution in [1.29, 1.82) is 0 Å². The van der Waals surface area contributed by atoms with Gasteiger partial charge >= 0.3 is 0 Å². The number of methoxy groups -OCH3 is 1. The van der Waals surface area contributed by atoms with Crippen molar-refractivity contribution in [1.82, 2.24) is 4.31 Å². The summed E-state index contributed by atoms with van der Waals surface area (Å²) < 4.78 is 32.2. The summed E-state index contributed by atoms with van der Waals surface area (Å²) in [5, 5.41) is 0. The predicted molar refractivity (Wildman–Crippen MR) is 99.6 cm³/mol. The molecule has 1 amide bonds. The number of carbonyl (C=O) groups is 1. The quantitative estimate of drug-likeness (QED) is 0.614. The van der Waals surface area contributed by atoms with Gasteiger partial charge in [0.15, 0.2) is 0 Å². The normalized spacial score (nSPS) is 33.0. The Kier molecular flexibility index (Phi) is 6.36. The van der Waals surface area contributed by atoms with E-state index in [9.17, 15) is 13.2 Å². The lowest BCUT2D eigenvalue weighted by Gasteiger charge is -2.31. The highest BCUT2D eigenvalue weighted by Gasteiger charge is 2.59. The van der Waals surface area contributed by atoms with Gasteiger partial charge in [-0.25, -0.2) is 12.7 Å². The van der Waals surface area contributed by atoms with E-state index in [2.05, 4.69) is 13.5 Å². The van der Waals surface area contributed by atoms with E-state index in [0.717, 1.165) is 32.1 Å². The molecular formula is C19H33NO4S. The minimum Gasteiger partial charge on any atom is -0.381 e. The van der Waals surface area contributed by atoms with E-state index in [0.29, 0.717) is 12.3 Å². The van der Waals surface area contributed by atoms with Gasteiger partial charge in [-0.15, -0.1) is 6.58 Å². The van der Waals surface area contributed by atoms with E-state index >= 15 is 0 Å². The van der Waals surface area contributed by atoms with E-state index < -0.39 is 15.9 Å². The van der Waals surface area contributed by atoms with Gasteiger partial charge in [0.05, 0.1) is 23.8 Å². The molecular weight excluding hydrogens is 338 g/mol. The number of nitrogens with zero attached hydrogens (tertiary/aromatic N) is 1. The molecule has 2 aliphatic rings. The molecule has 2 rings (SSSR count). The summed E-state index contributed by atoms with van der Waals surface area (Å²) in [5.41, 5.74) is -0.308. The number of hydrogen-bond acceptors (Lipinski definition) is 4. The van der Waals surface area contributed by atoms with Gasteiger partial charge in [-0.1, -0.05) is 39.7 Å². The lowest BCUT2D eigenvalue weighted by molar-refractivity contribution is -0.136. The first-order valence-electron chi connectivity index (χ1n) is 9.39. The first-order valence-corrected chi connectivity index (χ1v) is 11.0. The summed E-state index contributed by atoms with van der Waals surface area (Å²) in [6, 6.07) is -0.194. The molecule has 1 heterocycles. The standard InChI is InChI=1S/C19H33NO4S/c1-6-8-10-16(24-5)14(3)18(21)20-17-11-15(9-7-2)12-19(17,4)13-25(20,22)23/h6,14-17H,1,7-13H2,2-5H3/t14-,15?,16-,17+,19?/m1/s1. The van der Waals surface area contributed by atoms with Crippen LogP contribution in [-0.4, -0.2) is 43.6 Å². The molecule has 6 heteroatoms. The molecule has 144 valence electrons. The summed E-state index contributed by atoms with van der Waals surface area (Å²) in [6.07, 6.45) is 6.80. The topological polar surface area (TPSA) is 63.7 Å². The number of rotatable bonds is 8. The van der Waals surface area contributed by atoms with E-state index in [1.165, 1.54) is 4.31 Å². The molecule has 5 atom stereocenters. The first-order chi connectivity index (χ1) is 11.7. The van der Waals surface area contributed by atoms with Crippen LogP contribution in [-0.2, 0) is 19.6 Å². The van der Waals surface area contributed by atoms with Crippen molar-refractivity contribution < 1.29 is 17.9 Å². The summed E-state index contributed by atoms with van der Waals surface area (Å²) in [4.78, 5) is 13.1. The largest absolute Gasteiger partial charge is 0.381 e. The zero-order valence-corrected chi connectivity index (χ0v) is 16.8. The first kappa shape index (κ1) is 20.4. The molecule has 0 aromatic heterocycles. The molecule has 0 bridgehead atoms. The molecule has 0 spiro atoms. The molecule has 2 unspecified atom stereocenters. The second-order valence-electron chi connectivity index (χ2n) is 8.08. The van der Waals surface area contributed by atoms with E-state index in [1.807, 2.05) is 6.92 Å². The van der Waals surface area contributed by atoms with Crippen LogP contribution in [0, 0.1) is 17.3 Å². The molecule has 2 fully saturated rings. The highest BCUT2D eigenvalue weighted by atomic mass is 32.2. The van der Waals surface area contributed by atoms with Crippen LogP contribution < -0.4 is 0 Å². The molecule has 0 N–H and O–H groups in total. The van der Waals surface area contributed by atoms with Crippen molar-refractivity contribution >= 4 is 15.9 Å². The lowest BCUT2D eigenvalue weighted by Crippen LogP contribution is -2.46. The number of carbonyl (C=O) groups excluding carboxylic acids is 1. The van der Waals surface area contributed by atoms with E-state index in [1.54, 1.807) is 20.1 Å². The van der Waals surface area contributed by atoms with Gasteiger partial charge < -0.3 is 4.74 Å². The minimum atomic E-state index is -3.54. The maximum Gasteiger partial charge on any atom is 0.241 e. The predicted octanol–water partition coefficient (Wildman–Crippen LogP) is 3.36. The minimum absolute atomic E-state index is 0.0909. The third-order valence-corrected chi connectivity index (χ3v) is 8.09. The monoisotopic (exact) mass is 371 g/mol. The third kappa shape index (κ3) is 3.95. The van der Waals surface area contributed by atoms with Crippen LogP contribution >= 0.6 is 0 Å². The summed E-state index contributed by atoms with van der Waals surface area (Å²) in [6.45, 7) is 9.67. The van der Waals surface area contributed by atoms with Gasteiger partial charge in [-0.05, 0) is 31.6 Å². The van der Waals surface area contributed by atoms with Crippen molar-refractivity contribution in [3.63, 3.8) is 0 Å². The maximum atomic E-state index is 13.1. The summed E-state index contributed by atoms with van der Waals surface area (Å²) in [7, 11) is -1.97. The number of fused-ring (bicyclic) bond motifs is 1. The Morgan fingerprint density at radius 1 is 1.48 bits per heavy atom. The van der Waals surface area contributed by atoms with Crippen molar-refractivity contribution in [2.75, 3.05) is 12.9 Å².